The van der Waals surface area contributed by atoms with Gasteiger partial charge in [-0.3, -0.25) is 4.79 Å². The monoisotopic (exact) mass is 422 g/mol. The molecule has 0 N–H and O–H groups in total. The molecule has 2 aromatic rings. The SMILES string of the molecule is CC1(C)[C@H](C=C(Br)Br)[C@H]1C(=O)Oc1cccc2ccccc12. The Bertz CT molecular complexity index is 755. The Morgan fingerprint density at radius 3 is 2.55 bits per heavy atom. The molecule has 0 bridgehead atoms. The third-order valence-electron chi connectivity index (χ3n) is 4.43. The van der Waals surface area contributed by atoms with E-state index in [0.717, 1.165) is 14.2 Å². The van der Waals surface area contributed by atoms with Crippen LogP contribution >= 0.6 is 31.9 Å². The summed E-state index contributed by atoms with van der Waals surface area (Å²) in [7, 11) is 0. The van der Waals surface area contributed by atoms with Gasteiger partial charge in [-0.15, -0.1) is 0 Å². The molecule has 0 aliphatic heterocycles. The quantitative estimate of drug-likeness (QED) is 0.471. The number of esters is 1. The van der Waals surface area contributed by atoms with Crippen LogP contribution in [-0.2, 0) is 4.79 Å². The summed E-state index contributed by atoms with van der Waals surface area (Å²) in [4.78, 5) is 12.5. The molecule has 0 radical (unpaired) electrons. The molecule has 0 heterocycles. The van der Waals surface area contributed by atoms with Crippen LogP contribution in [0.4, 0.5) is 0 Å². The first-order valence-corrected chi connectivity index (χ1v) is 8.72. The standard InChI is InChI=1S/C18H16Br2O2/c1-18(2)13(10-15(19)20)16(18)17(21)22-14-9-5-7-11-6-3-4-8-12(11)14/h3-10,13,16H,1-2H3/t13-,16+/m1/s1. The van der Waals surface area contributed by atoms with E-state index in [-0.39, 0.29) is 23.2 Å². The number of halogens is 2. The van der Waals surface area contributed by atoms with E-state index in [0.29, 0.717) is 5.75 Å². The van der Waals surface area contributed by atoms with Gasteiger partial charge in [-0.2, -0.15) is 0 Å². The maximum atomic E-state index is 12.5. The Morgan fingerprint density at radius 1 is 1.14 bits per heavy atom. The van der Waals surface area contributed by atoms with E-state index in [1.165, 1.54) is 0 Å². The number of benzene rings is 2. The third-order valence-corrected chi connectivity index (χ3v) is 4.96. The zero-order valence-electron chi connectivity index (χ0n) is 12.3. The molecule has 22 heavy (non-hydrogen) atoms. The van der Waals surface area contributed by atoms with Gasteiger partial charge in [0.15, 0.2) is 0 Å². The van der Waals surface area contributed by atoms with Crippen molar-refractivity contribution in [2.24, 2.45) is 17.3 Å². The van der Waals surface area contributed by atoms with Gasteiger partial charge in [0, 0.05) is 5.39 Å². The van der Waals surface area contributed by atoms with Gasteiger partial charge in [0.25, 0.3) is 0 Å². The van der Waals surface area contributed by atoms with E-state index < -0.39 is 0 Å². The number of carbonyl (C=O) groups is 1. The summed E-state index contributed by atoms with van der Waals surface area (Å²) >= 11 is 6.74. The molecule has 3 rings (SSSR count). The molecule has 2 atom stereocenters. The van der Waals surface area contributed by atoms with Crippen LogP contribution in [-0.4, -0.2) is 5.97 Å². The van der Waals surface area contributed by atoms with Crippen molar-refractivity contribution >= 4 is 48.6 Å². The van der Waals surface area contributed by atoms with Crippen LogP contribution in [0.3, 0.4) is 0 Å². The number of allylic oxidation sites excluding steroid dienone is 1. The molecule has 1 aliphatic rings. The molecule has 0 amide bonds. The minimum Gasteiger partial charge on any atom is -0.426 e. The van der Waals surface area contributed by atoms with Crippen LogP contribution in [0.2, 0.25) is 0 Å². The largest absolute Gasteiger partial charge is 0.426 e. The van der Waals surface area contributed by atoms with Crippen LogP contribution in [0.25, 0.3) is 10.8 Å². The van der Waals surface area contributed by atoms with Gasteiger partial charge < -0.3 is 4.74 Å². The van der Waals surface area contributed by atoms with Crippen LogP contribution < -0.4 is 4.74 Å². The highest BCUT2D eigenvalue weighted by Crippen LogP contribution is 2.60. The second-order valence-electron chi connectivity index (χ2n) is 6.18. The Hall–Kier alpha value is -1.13. The normalized spacial score (nSPS) is 22.2. The highest BCUT2D eigenvalue weighted by molar-refractivity contribution is 9.28. The second kappa shape index (κ2) is 5.82. The number of hydrogen-bond donors (Lipinski definition) is 0. The topological polar surface area (TPSA) is 26.3 Å². The van der Waals surface area contributed by atoms with Gasteiger partial charge in [-0.1, -0.05) is 56.3 Å². The second-order valence-corrected chi connectivity index (χ2v) is 8.95. The van der Waals surface area contributed by atoms with Gasteiger partial charge in [0.2, 0.25) is 0 Å². The van der Waals surface area contributed by atoms with Gasteiger partial charge in [0.1, 0.15) is 5.75 Å². The smallest absolute Gasteiger partial charge is 0.315 e. The summed E-state index contributed by atoms with van der Waals surface area (Å²) in [5.41, 5.74) is -0.0749. The average molecular weight is 424 g/mol. The number of ether oxygens (including phenoxy) is 1. The van der Waals surface area contributed by atoms with Crippen molar-refractivity contribution in [2.45, 2.75) is 13.8 Å². The van der Waals surface area contributed by atoms with Crippen LogP contribution in [0.1, 0.15) is 13.8 Å². The number of rotatable bonds is 3. The fourth-order valence-electron chi connectivity index (χ4n) is 3.03. The predicted octanol–water partition coefficient (Wildman–Crippen LogP) is 5.65. The summed E-state index contributed by atoms with van der Waals surface area (Å²) in [6.45, 7) is 4.18. The lowest BCUT2D eigenvalue weighted by Gasteiger charge is -2.08. The van der Waals surface area contributed by atoms with Gasteiger partial charge >= 0.3 is 5.97 Å². The van der Waals surface area contributed by atoms with Crippen LogP contribution in [0.15, 0.2) is 51.9 Å². The highest BCUT2D eigenvalue weighted by atomic mass is 79.9. The fraction of sp³-hybridized carbons (Fsp3) is 0.278. The van der Waals surface area contributed by atoms with Crippen LogP contribution in [0.5, 0.6) is 5.75 Å². The van der Waals surface area contributed by atoms with Gasteiger partial charge in [0.05, 0.1) is 9.31 Å². The molecule has 114 valence electrons. The molecule has 1 fully saturated rings. The Labute approximate surface area is 146 Å². The summed E-state index contributed by atoms with van der Waals surface area (Å²) in [5.74, 6) is 0.538. The summed E-state index contributed by atoms with van der Waals surface area (Å²) < 4.78 is 6.57. The van der Waals surface area contributed by atoms with E-state index in [1.54, 1.807) is 0 Å². The lowest BCUT2D eigenvalue weighted by atomic mass is 10.1. The Kier molecular flexibility index (Phi) is 4.17. The lowest BCUT2D eigenvalue weighted by molar-refractivity contribution is -0.136. The summed E-state index contributed by atoms with van der Waals surface area (Å²) in [6.07, 6.45) is 2.02. The van der Waals surface area contributed by atoms with E-state index in [4.69, 9.17) is 4.74 Å². The molecule has 1 saturated carbocycles. The molecule has 1 aliphatic carbocycles. The first-order chi connectivity index (χ1) is 10.4. The van der Waals surface area contributed by atoms with Crippen molar-refractivity contribution in [1.82, 2.24) is 0 Å². The maximum Gasteiger partial charge on any atom is 0.315 e. The zero-order valence-corrected chi connectivity index (χ0v) is 15.5. The van der Waals surface area contributed by atoms with E-state index in [1.807, 2.05) is 48.5 Å². The van der Waals surface area contributed by atoms with E-state index >= 15 is 0 Å². The van der Waals surface area contributed by atoms with Gasteiger partial charge in [-0.25, -0.2) is 0 Å². The first-order valence-electron chi connectivity index (χ1n) is 7.13. The molecule has 0 aromatic heterocycles. The van der Waals surface area contributed by atoms with Crippen molar-refractivity contribution in [3.05, 3.63) is 51.9 Å². The zero-order chi connectivity index (χ0) is 15.9. The van der Waals surface area contributed by atoms with Gasteiger partial charge in [-0.05, 0) is 54.6 Å². The average Bonchev–Trinajstić information content (AvgIpc) is 2.99. The van der Waals surface area contributed by atoms with Crippen molar-refractivity contribution in [2.75, 3.05) is 0 Å². The molecular formula is C18H16Br2O2. The van der Waals surface area contributed by atoms with Crippen molar-refractivity contribution in [3.63, 3.8) is 0 Å². The minimum atomic E-state index is -0.163. The maximum absolute atomic E-state index is 12.5. The Morgan fingerprint density at radius 2 is 1.82 bits per heavy atom. The number of carbonyl (C=O) groups excluding carboxylic acids is 1. The molecule has 2 nitrogen and oxygen atoms in total. The molecular weight excluding hydrogens is 408 g/mol. The Balaban J connectivity index is 1.84. The lowest BCUT2D eigenvalue weighted by Crippen LogP contribution is -2.14. The van der Waals surface area contributed by atoms with Crippen molar-refractivity contribution in [1.29, 1.82) is 0 Å². The predicted molar refractivity (Wildman–Crippen MR) is 96.3 cm³/mol. The number of fused-ring (bicyclic) bond motifs is 1. The minimum absolute atomic E-state index is 0.0749. The first kappa shape index (κ1) is 15.8. The molecule has 2 aromatic carbocycles. The van der Waals surface area contributed by atoms with Crippen molar-refractivity contribution < 1.29 is 9.53 Å². The van der Waals surface area contributed by atoms with E-state index in [2.05, 4.69) is 45.7 Å². The highest BCUT2D eigenvalue weighted by Gasteiger charge is 2.61. The van der Waals surface area contributed by atoms with Crippen molar-refractivity contribution in [3.8, 4) is 5.75 Å². The molecule has 0 unspecified atom stereocenters. The molecule has 0 saturated heterocycles. The third kappa shape index (κ3) is 2.86. The number of hydrogen-bond acceptors (Lipinski definition) is 2. The fourth-order valence-corrected chi connectivity index (χ4v) is 3.60. The molecule has 4 heteroatoms. The summed E-state index contributed by atoms with van der Waals surface area (Å²) in [5, 5.41) is 2.04. The summed E-state index contributed by atoms with van der Waals surface area (Å²) in [6, 6.07) is 13.7. The molecule has 0 spiro atoms. The van der Waals surface area contributed by atoms with Crippen LogP contribution in [0, 0.1) is 17.3 Å². The van der Waals surface area contributed by atoms with E-state index in [9.17, 15) is 4.79 Å².